The van der Waals surface area contributed by atoms with E-state index in [1.54, 1.807) is 0 Å². The monoisotopic (exact) mass is 844 g/mol. The Morgan fingerprint density at radius 1 is 0.613 bits per heavy atom. The zero-order valence-corrected chi connectivity index (χ0v) is 36.7. The van der Waals surface area contributed by atoms with Crippen LogP contribution in [0.4, 0.5) is 9.59 Å². The van der Waals surface area contributed by atoms with Crippen molar-refractivity contribution >= 4 is 34.8 Å². The lowest BCUT2D eigenvalue weighted by molar-refractivity contribution is -0.136. The van der Waals surface area contributed by atoms with Crippen molar-refractivity contribution in [1.29, 1.82) is 0 Å². The predicted octanol–water partition coefficient (Wildman–Crippen LogP) is 8.94. The van der Waals surface area contributed by atoms with Crippen molar-refractivity contribution in [3.63, 3.8) is 0 Å². The van der Waals surface area contributed by atoms with Crippen molar-refractivity contribution in [3.05, 3.63) is 84.7 Å². The van der Waals surface area contributed by atoms with E-state index in [9.17, 15) is 19.2 Å². The molecule has 5 aromatic rings. The number of H-pyrrole nitrogens is 2. The highest BCUT2D eigenvalue weighted by molar-refractivity contribution is 5.91. The second-order valence-electron chi connectivity index (χ2n) is 16.5. The van der Waals surface area contributed by atoms with Crippen LogP contribution in [-0.2, 0) is 19.1 Å². The minimum absolute atomic E-state index is 0.00248. The molecule has 0 spiro atoms. The van der Waals surface area contributed by atoms with Gasteiger partial charge in [0.15, 0.2) is 0 Å². The van der Waals surface area contributed by atoms with E-state index in [1.807, 2.05) is 49.9 Å². The molecule has 0 radical (unpaired) electrons. The number of amides is 4. The Bertz CT molecular complexity index is 2350. The van der Waals surface area contributed by atoms with Crippen LogP contribution in [0.1, 0.15) is 103 Å². The fraction of sp³-hybridized carbons (Fsp3) is 0.458. The first-order valence-electron chi connectivity index (χ1n) is 22.2. The molecule has 2 saturated heterocycles. The molecule has 2 aromatic heterocycles. The van der Waals surface area contributed by atoms with Gasteiger partial charge in [-0.1, -0.05) is 102 Å². The molecule has 328 valence electrons. The maximum atomic E-state index is 13.9. The summed E-state index contributed by atoms with van der Waals surface area (Å²) in [6, 6.07) is 19.5. The number of likely N-dealkylation sites (tertiary alicyclic amines) is 2. The summed E-state index contributed by atoms with van der Waals surface area (Å²) in [5.74, 6) is 1.27. The van der Waals surface area contributed by atoms with E-state index in [2.05, 4.69) is 81.3 Å². The van der Waals surface area contributed by atoms with Crippen molar-refractivity contribution in [2.24, 2.45) is 11.8 Å². The first-order valence-corrected chi connectivity index (χ1v) is 22.2. The molecule has 4 atom stereocenters. The van der Waals surface area contributed by atoms with E-state index in [-0.39, 0.29) is 35.7 Å². The van der Waals surface area contributed by atoms with Gasteiger partial charge >= 0.3 is 12.2 Å². The second kappa shape index (κ2) is 19.7. The van der Waals surface area contributed by atoms with Crippen LogP contribution in [0, 0.1) is 11.8 Å². The van der Waals surface area contributed by atoms with Gasteiger partial charge in [-0.3, -0.25) is 9.59 Å². The molecule has 14 heteroatoms. The Kier molecular flexibility index (Phi) is 13.9. The number of imidazole rings is 2. The second-order valence-corrected chi connectivity index (χ2v) is 16.5. The molecule has 0 saturated carbocycles. The fourth-order valence-electron chi connectivity index (χ4n) is 9.38. The minimum Gasteiger partial charge on any atom is -0.453 e. The van der Waals surface area contributed by atoms with Crippen LogP contribution in [0.15, 0.2) is 73.1 Å². The number of carbonyl (C=O) groups is 4. The zero-order valence-electron chi connectivity index (χ0n) is 36.7. The normalized spacial score (nSPS) is 17.4. The molecule has 4 heterocycles. The molecule has 2 aliphatic rings. The lowest BCUT2D eigenvalue weighted by Gasteiger charge is -2.31. The molecule has 4 unspecified atom stereocenters. The van der Waals surface area contributed by atoms with Gasteiger partial charge in [0.2, 0.25) is 11.8 Å². The summed E-state index contributed by atoms with van der Waals surface area (Å²) in [6.07, 6.45) is 8.78. The maximum absolute atomic E-state index is 13.9. The Balaban J connectivity index is 1.03. The number of aromatic nitrogens is 4. The molecular formula is C48H60N8O6. The van der Waals surface area contributed by atoms with Crippen LogP contribution < -0.4 is 10.6 Å². The number of nitrogens with zero attached hydrogens (tertiary/aromatic N) is 4. The topological polar surface area (TPSA) is 175 Å². The van der Waals surface area contributed by atoms with Gasteiger partial charge in [0.25, 0.3) is 0 Å². The van der Waals surface area contributed by atoms with E-state index < -0.39 is 24.3 Å². The molecule has 3 aromatic carbocycles. The van der Waals surface area contributed by atoms with Gasteiger partial charge < -0.3 is 39.9 Å². The van der Waals surface area contributed by atoms with Crippen molar-refractivity contribution in [2.75, 3.05) is 27.3 Å². The summed E-state index contributed by atoms with van der Waals surface area (Å²) in [6.45, 7) is 9.34. The predicted molar refractivity (Wildman–Crippen MR) is 239 cm³/mol. The Hall–Kier alpha value is -6.18. The standard InChI is InChI=1S/C48H60N8O6/c1-7-29(8-2)41(53-47(59)61-5)45(57)55-23-11-13-39(55)43-49-27-37(51-43)32-17-15-31(16-18-32)33-19-20-35-26-36(22-21-34(35)25-33)38-28-50-44(52-38)40-14-12-24-56(40)46(58)42(30(9-3)10-4)54-48(60)62-6/h15-22,25-30,39-42H,7-14,23-24H2,1-6H3,(H,49,51)(H,50,52)(H,53,59)(H,54,60). The summed E-state index contributed by atoms with van der Waals surface area (Å²) in [5, 5.41) is 7.81. The van der Waals surface area contributed by atoms with Gasteiger partial charge in [-0.2, -0.15) is 0 Å². The number of aromatic amines is 2. The lowest BCUT2D eigenvalue weighted by Crippen LogP contribution is -2.52. The number of rotatable bonds is 15. The average molecular weight is 845 g/mol. The van der Waals surface area contributed by atoms with Gasteiger partial charge in [-0.15, -0.1) is 0 Å². The van der Waals surface area contributed by atoms with Crippen LogP contribution >= 0.6 is 0 Å². The van der Waals surface area contributed by atoms with Gasteiger partial charge in [-0.05, 0) is 77.1 Å². The van der Waals surface area contributed by atoms with Crippen molar-refractivity contribution in [1.82, 2.24) is 40.4 Å². The number of methoxy groups -OCH3 is 2. The molecule has 7 rings (SSSR count). The molecule has 4 amide bonds. The zero-order chi connectivity index (χ0) is 43.9. The first kappa shape index (κ1) is 43.9. The number of fused-ring (bicyclic) bond motifs is 1. The van der Waals surface area contributed by atoms with Crippen LogP contribution in [0.5, 0.6) is 0 Å². The number of carbonyl (C=O) groups excluding carboxylic acids is 4. The highest BCUT2D eigenvalue weighted by Crippen LogP contribution is 2.36. The molecule has 0 bridgehead atoms. The third kappa shape index (κ3) is 9.19. The number of ether oxygens (including phenoxy) is 2. The maximum Gasteiger partial charge on any atom is 0.407 e. The highest BCUT2D eigenvalue weighted by atomic mass is 16.5. The Morgan fingerprint density at radius 2 is 1.02 bits per heavy atom. The van der Waals surface area contributed by atoms with E-state index >= 15 is 0 Å². The number of benzene rings is 3. The van der Waals surface area contributed by atoms with Crippen LogP contribution in [0.3, 0.4) is 0 Å². The van der Waals surface area contributed by atoms with Crippen LogP contribution in [0.2, 0.25) is 0 Å². The smallest absolute Gasteiger partial charge is 0.407 e. The molecule has 14 nitrogen and oxygen atoms in total. The lowest BCUT2D eigenvalue weighted by atomic mass is 9.93. The molecular weight excluding hydrogens is 785 g/mol. The Labute approximate surface area is 363 Å². The van der Waals surface area contributed by atoms with Crippen LogP contribution in [0.25, 0.3) is 44.4 Å². The van der Waals surface area contributed by atoms with E-state index in [4.69, 9.17) is 19.4 Å². The van der Waals surface area contributed by atoms with Crippen molar-refractivity contribution in [3.8, 4) is 33.6 Å². The summed E-state index contributed by atoms with van der Waals surface area (Å²) < 4.78 is 9.71. The first-order chi connectivity index (χ1) is 30.1. The quantitative estimate of drug-likeness (QED) is 0.0808. The van der Waals surface area contributed by atoms with Crippen molar-refractivity contribution < 1.29 is 28.7 Å². The SMILES string of the molecule is CCC(CC)C(NC(=O)OC)C(=O)N1CCCC1c1ncc(-c2ccc(-c3ccc4cc(-c5cnc(C6CCCN6C(=O)C(NC(=O)OC)C(CC)CC)[nH]5)ccc4c3)cc2)[nH]1. The minimum atomic E-state index is -0.661. The number of hydrogen-bond acceptors (Lipinski definition) is 8. The summed E-state index contributed by atoms with van der Waals surface area (Å²) in [4.78, 5) is 72.4. The average Bonchev–Trinajstić information content (AvgIpc) is 4.16. The van der Waals surface area contributed by atoms with Gasteiger partial charge in [0, 0.05) is 18.7 Å². The summed E-state index contributed by atoms with van der Waals surface area (Å²) in [7, 11) is 2.63. The largest absolute Gasteiger partial charge is 0.453 e. The molecule has 2 aliphatic heterocycles. The third-order valence-corrected chi connectivity index (χ3v) is 13.1. The van der Waals surface area contributed by atoms with E-state index in [0.29, 0.717) is 13.1 Å². The summed E-state index contributed by atoms with van der Waals surface area (Å²) >= 11 is 0. The van der Waals surface area contributed by atoms with E-state index in [1.165, 1.54) is 14.2 Å². The molecule has 62 heavy (non-hydrogen) atoms. The number of nitrogens with one attached hydrogen (secondary N) is 4. The number of alkyl carbamates (subject to hydrolysis) is 2. The summed E-state index contributed by atoms with van der Waals surface area (Å²) in [5.41, 5.74) is 5.92. The molecule has 0 aliphatic carbocycles. The fourth-order valence-corrected chi connectivity index (χ4v) is 9.38. The Morgan fingerprint density at radius 3 is 1.47 bits per heavy atom. The number of hydrogen-bond donors (Lipinski definition) is 4. The molecule has 2 fully saturated rings. The highest BCUT2D eigenvalue weighted by Gasteiger charge is 2.40. The molecule has 4 N–H and O–H groups in total. The van der Waals surface area contributed by atoms with Crippen LogP contribution in [-0.4, -0.2) is 93.1 Å². The van der Waals surface area contributed by atoms with Gasteiger partial charge in [0.1, 0.15) is 23.7 Å². The van der Waals surface area contributed by atoms with E-state index in [0.717, 1.165) is 107 Å². The third-order valence-electron chi connectivity index (χ3n) is 13.1. The van der Waals surface area contributed by atoms with Gasteiger partial charge in [0.05, 0.1) is 50.1 Å². The van der Waals surface area contributed by atoms with Crippen molar-refractivity contribution in [2.45, 2.75) is 103 Å². The van der Waals surface area contributed by atoms with Gasteiger partial charge in [-0.25, -0.2) is 19.6 Å².